The number of nitrogens with zero attached hydrogens (tertiary/aromatic N) is 5. The summed E-state index contributed by atoms with van der Waals surface area (Å²) in [6, 6.07) is 6.58. The number of azide groups is 1. The second-order valence-corrected chi connectivity index (χ2v) is 8.91. The van der Waals surface area contributed by atoms with Gasteiger partial charge in [0.25, 0.3) is 0 Å². The molecule has 0 spiro atoms. The van der Waals surface area contributed by atoms with Crippen LogP contribution in [-0.2, 0) is 4.74 Å². The summed E-state index contributed by atoms with van der Waals surface area (Å²) < 4.78 is 35.2. The molecule has 8 nitrogen and oxygen atoms in total. The predicted molar refractivity (Wildman–Crippen MR) is 115 cm³/mol. The van der Waals surface area contributed by atoms with Gasteiger partial charge in [0.05, 0.1) is 18.2 Å². The summed E-state index contributed by atoms with van der Waals surface area (Å²) in [5.41, 5.74) is 9.37. The predicted octanol–water partition coefficient (Wildman–Crippen LogP) is 4.90. The van der Waals surface area contributed by atoms with Gasteiger partial charge in [-0.05, 0) is 62.7 Å². The maximum atomic E-state index is 14.0. The molecule has 0 bridgehead atoms. The molecule has 0 saturated carbocycles. The lowest BCUT2D eigenvalue weighted by Gasteiger charge is -2.41. The highest BCUT2D eigenvalue weighted by Gasteiger charge is 2.40. The van der Waals surface area contributed by atoms with E-state index < -0.39 is 41.5 Å². The number of hydrogen-bond acceptors (Lipinski definition) is 4. The number of amides is 1. The molecule has 3 aromatic rings. The topological polar surface area (TPSA) is 103 Å². The lowest BCUT2D eigenvalue weighted by molar-refractivity contribution is -0.0119. The van der Waals surface area contributed by atoms with E-state index in [-0.39, 0.29) is 13.1 Å². The van der Waals surface area contributed by atoms with Crippen LogP contribution >= 0.6 is 0 Å². The van der Waals surface area contributed by atoms with Crippen molar-refractivity contribution in [2.45, 2.75) is 44.6 Å². The summed E-state index contributed by atoms with van der Waals surface area (Å²) in [5.74, 6) is -0.959. The molecule has 1 fully saturated rings. The third-order valence-corrected chi connectivity index (χ3v) is 5.51. The van der Waals surface area contributed by atoms with E-state index in [4.69, 9.17) is 10.3 Å². The number of hydrogen-bond donors (Lipinski definition) is 1. The van der Waals surface area contributed by atoms with Gasteiger partial charge in [0.2, 0.25) is 0 Å². The fraction of sp³-hybridized carbons (Fsp3) is 0.409. The second-order valence-electron chi connectivity index (χ2n) is 8.91. The van der Waals surface area contributed by atoms with Crippen molar-refractivity contribution in [2.24, 2.45) is 5.11 Å². The molecule has 0 unspecified atom stereocenters. The molecule has 10 heteroatoms. The van der Waals surface area contributed by atoms with Crippen LogP contribution in [0.3, 0.4) is 0 Å². The number of halogens is 2. The zero-order valence-electron chi connectivity index (χ0n) is 17.9. The van der Waals surface area contributed by atoms with Gasteiger partial charge in [0.15, 0.2) is 0 Å². The number of piperidine rings is 1. The van der Waals surface area contributed by atoms with Crippen LogP contribution in [0.25, 0.3) is 32.2 Å². The van der Waals surface area contributed by atoms with E-state index in [1.165, 1.54) is 29.2 Å². The maximum Gasteiger partial charge on any atom is 0.410 e. The van der Waals surface area contributed by atoms with Crippen molar-refractivity contribution in [2.75, 3.05) is 13.1 Å². The van der Waals surface area contributed by atoms with Crippen molar-refractivity contribution < 1.29 is 23.4 Å². The van der Waals surface area contributed by atoms with Gasteiger partial charge in [-0.3, -0.25) is 0 Å². The molecule has 2 heterocycles. The molecule has 0 radical (unpaired) electrons. The van der Waals surface area contributed by atoms with Crippen molar-refractivity contribution in [3.63, 3.8) is 0 Å². The van der Waals surface area contributed by atoms with Gasteiger partial charge in [-0.15, -0.1) is 0 Å². The molecule has 1 aliphatic rings. The number of benzene rings is 2. The molecule has 2 aromatic carbocycles. The summed E-state index contributed by atoms with van der Waals surface area (Å²) in [4.78, 5) is 17.0. The molecule has 1 saturated heterocycles. The van der Waals surface area contributed by atoms with Crippen molar-refractivity contribution in [1.82, 2.24) is 9.47 Å². The highest BCUT2D eigenvalue weighted by atomic mass is 19.1. The van der Waals surface area contributed by atoms with Crippen molar-refractivity contribution >= 4 is 27.9 Å². The Kier molecular flexibility index (Phi) is 5.44. The molecule has 1 aromatic heterocycles. The first-order chi connectivity index (χ1) is 15.1. The van der Waals surface area contributed by atoms with E-state index in [2.05, 4.69) is 10.0 Å². The van der Waals surface area contributed by atoms with Gasteiger partial charge in [-0.25, -0.2) is 13.6 Å². The molecule has 4 rings (SSSR count). The van der Waals surface area contributed by atoms with Crippen LogP contribution < -0.4 is 0 Å². The maximum absolute atomic E-state index is 14.0. The number of carbonyl (C=O) groups excluding carboxylic acids is 1. The SMILES string of the molecule is CC(C)(C)OC(=O)N1C[C@H](N=[N+]=[N-])[C@@H](O)[C@@H](n2c3ccc(F)cc3c3cc(F)ccc32)C1. The number of aromatic nitrogens is 1. The molecule has 0 aliphatic carbocycles. The molecular formula is C22H23F2N5O3. The van der Waals surface area contributed by atoms with Gasteiger partial charge in [-0.1, -0.05) is 5.11 Å². The minimum absolute atomic E-state index is 0.0168. The summed E-state index contributed by atoms with van der Waals surface area (Å²) in [5, 5.41) is 15.7. The van der Waals surface area contributed by atoms with Crippen LogP contribution in [0.4, 0.5) is 13.6 Å². The molecule has 32 heavy (non-hydrogen) atoms. The third kappa shape index (κ3) is 3.94. The van der Waals surface area contributed by atoms with Crippen LogP contribution in [0, 0.1) is 11.6 Å². The van der Waals surface area contributed by atoms with E-state index >= 15 is 0 Å². The lowest BCUT2D eigenvalue weighted by Crippen LogP contribution is -2.54. The normalized spacial score (nSPS) is 21.6. The van der Waals surface area contributed by atoms with E-state index in [0.717, 1.165) is 0 Å². The number of aliphatic hydroxyl groups excluding tert-OH is 1. The van der Waals surface area contributed by atoms with Gasteiger partial charge >= 0.3 is 6.09 Å². The Labute approximate surface area is 182 Å². The monoisotopic (exact) mass is 443 g/mol. The smallest absolute Gasteiger partial charge is 0.410 e. The standard InChI is InChI=1S/C22H23F2N5O3/c1-22(2,3)32-21(31)28-10-16(26-27-25)20(30)19(11-28)29-17-6-4-12(23)8-14(17)15-9-13(24)5-7-18(15)29/h4-9,16,19-20,30H,10-11H2,1-3H3/t16-,19-,20+/m0/s1. The second kappa shape index (κ2) is 7.96. The molecule has 1 aliphatic heterocycles. The first-order valence-electron chi connectivity index (χ1n) is 10.2. The van der Waals surface area contributed by atoms with E-state index in [0.29, 0.717) is 21.8 Å². The fourth-order valence-electron chi connectivity index (χ4n) is 4.23. The van der Waals surface area contributed by atoms with Crippen LogP contribution in [0.15, 0.2) is 41.5 Å². The number of ether oxygens (including phenoxy) is 1. The zero-order chi connectivity index (χ0) is 23.2. The van der Waals surface area contributed by atoms with Gasteiger partial charge in [-0.2, -0.15) is 0 Å². The molecular weight excluding hydrogens is 420 g/mol. The Hall–Kier alpha value is -3.36. The molecule has 1 N–H and O–H groups in total. The zero-order valence-corrected chi connectivity index (χ0v) is 17.9. The number of rotatable bonds is 2. The third-order valence-electron chi connectivity index (χ3n) is 5.51. The average molecular weight is 443 g/mol. The van der Waals surface area contributed by atoms with Gasteiger partial charge in [0, 0.05) is 39.8 Å². The highest BCUT2D eigenvalue weighted by Crippen LogP contribution is 2.36. The fourth-order valence-corrected chi connectivity index (χ4v) is 4.23. The molecule has 168 valence electrons. The van der Waals surface area contributed by atoms with Crippen LogP contribution in [0.1, 0.15) is 26.8 Å². The number of likely N-dealkylation sites (tertiary alicyclic amines) is 1. The van der Waals surface area contributed by atoms with Crippen LogP contribution in [0.5, 0.6) is 0 Å². The number of carbonyl (C=O) groups is 1. The Morgan fingerprint density at radius 3 is 2.19 bits per heavy atom. The minimum atomic E-state index is -1.14. The minimum Gasteiger partial charge on any atom is -0.444 e. The Morgan fingerprint density at radius 2 is 1.69 bits per heavy atom. The van der Waals surface area contributed by atoms with E-state index in [9.17, 15) is 18.7 Å². The largest absolute Gasteiger partial charge is 0.444 e. The summed E-state index contributed by atoms with van der Waals surface area (Å²) in [6.07, 6.45) is -1.75. The van der Waals surface area contributed by atoms with Gasteiger partial charge in [0.1, 0.15) is 17.2 Å². The molecule has 3 atom stereocenters. The van der Waals surface area contributed by atoms with Crippen molar-refractivity contribution in [1.29, 1.82) is 0 Å². The highest BCUT2D eigenvalue weighted by molar-refractivity contribution is 6.08. The first-order valence-corrected chi connectivity index (χ1v) is 10.2. The van der Waals surface area contributed by atoms with Crippen LogP contribution in [0.2, 0.25) is 0 Å². The lowest BCUT2D eigenvalue weighted by atomic mass is 9.97. The van der Waals surface area contributed by atoms with Crippen molar-refractivity contribution in [3.05, 3.63) is 58.5 Å². The number of fused-ring (bicyclic) bond motifs is 3. The first kappa shape index (κ1) is 21.9. The van der Waals surface area contributed by atoms with Crippen LogP contribution in [-0.4, -0.2) is 51.5 Å². The quantitative estimate of drug-likeness (QED) is 0.346. The summed E-state index contributed by atoms with van der Waals surface area (Å²) >= 11 is 0. The summed E-state index contributed by atoms with van der Waals surface area (Å²) in [6.45, 7) is 5.25. The Bertz CT molecular complexity index is 1190. The summed E-state index contributed by atoms with van der Waals surface area (Å²) in [7, 11) is 0. The Morgan fingerprint density at radius 1 is 1.12 bits per heavy atom. The van der Waals surface area contributed by atoms with E-state index in [1.807, 2.05) is 0 Å². The van der Waals surface area contributed by atoms with E-state index in [1.54, 1.807) is 37.5 Å². The Balaban J connectivity index is 1.87. The van der Waals surface area contributed by atoms with Gasteiger partial charge < -0.3 is 19.3 Å². The average Bonchev–Trinajstić information content (AvgIpc) is 3.01. The van der Waals surface area contributed by atoms with Crippen molar-refractivity contribution in [3.8, 4) is 0 Å². The number of aliphatic hydroxyl groups is 1. The molecule has 1 amide bonds.